The van der Waals surface area contributed by atoms with Gasteiger partial charge in [-0.1, -0.05) is 30.3 Å². The highest BCUT2D eigenvalue weighted by atomic mass is 32.2. The number of sulfone groups is 1. The van der Waals surface area contributed by atoms with E-state index < -0.39 is 9.84 Å². The fourth-order valence-corrected chi connectivity index (χ4v) is 7.93. The topological polar surface area (TPSA) is 86.8 Å². The molecule has 3 aromatic rings. The van der Waals surface area contributed by atoms with Crippen molar-refractivity contribution in [3.8, 4) is 11.3 Å². The van der Waals surface area contributed by atoms with E-state index in [2.05, 4.69) is 51.9 Å². The molecule has 3 saturated heterocycles. The predicted octanol–water partition coefficient (Wildman–Crippen LogP) is 4.52. The van der Waals surface area contributed by atoms with Gasteiger partial charge in [-0.05, 0) is 72.8 Å². The third-order valence-corrected chi connectivity index (χ3v) is 10.5. The highest BCUT2D eigenvalue weighted by Crippen LogP contribution is 2.41. The number of nitrogens with zero attached hydrogens (tertiary/aromatic N) is 2. The van der Waals surface area contributed by atoms with Crippen molar-refractivity contribution in [3.63, 3.8) is 0 Å². The highest BCUT2D eigenvalue weighted by Gasteiger charge is 2.27. The summed E-state index contributed by atoms with van der Waals surface area (Å²) in [6.45, 7) is 6.12. The average molecular weight is 552 g/mol. The number of rotatable bonds is 7. The van der Waals surface area contributed by atoms with Gasteiger partial charge >= 0.3 is 0 Å². The van der Waals surface area contributed by atoms with Gasteiger partial charge in [-0.15, -0.1) is 0 Å². The van der Waals surface area contributed by atoms with Crippen molar-refractivity contribution in [1.29, 1.82) is 0 Å². The van der Waals surface area contributed by atoms with Crippen LogP contribution in [0.1, 0.15) is 36.8 Å². The first-order valence-corrected chi connectivity index (χ1v) is 16.4. The number of nitrogens with two attached hydrogens (primary N) is 1. The van der Waals surface area contributed by atoms with Crippen LogP contribution in [0.15, 0.2) is 42.5 Å². The zero-order valence-electron chi connectivity index (χ0n) is 22.8. The molecule has 0 saturated carbocycles. The zero-order chi connectivity index (χ0) is 26.8. The van der Waals surface area contributed by atoms with Crippen LogP contribution in [0.4, 0.5) is 5.69 Å². The molecule has 6 rings (SSSR count). The molecule has 3 fully saturated rings. The van der Waals surface area contributed by atoms with Crippen molar-refractivity contribution in [2.45, 2.75) is 45.2 Å². The minimum Gasteiger partial charge on any atom is -0.397 e. The van der Waals surface area contributed by atoms with E-state index in [0.29, 0.717) is 24.9 Å². The molecule has 0 aliphatic carbocycles. The molecule has 210 valence electrons. The Hall–Kier alpha value is -2.39. The van der Waals surface area contributed by atoms with E-state index in [0.717, 1.165) is 88.4 Å². The summed E-state index contributed by atoms with van der Waals surface area (Å²) in [5, 5.41) is 1.26. The third kappa shape index (κ3) is 6.04. The van der Waals surface area contributed by atoms with Crippen molar-refractivity contribution in [1.82, 2.24) is 9.47 Å². The summed E-state index contributed by atoms with van der Waals surface area (Å²) < 4.78 is 37.9. The van der Waals surface area contributed by atoms with Gasteiger partial charge in [-0.3, -0.25) is 4.90 Å². The van der Waals surface area contributed by atoms with E-state index in [4.69, 9.17) is 15.2 Å². The Morgan fingerprint density at radius 2 is 1.51 bits per heavy atom. The monoisotopic (exact) mass is 551 g/mol. The van der Waals surface area contributed by atoms with Gasteiger partial charge in [-0.25, -0.2) is 8.42 Å². The lowest BCUT2D eigenvalue weighted by Gasteiger charge is -2.27. The first-order valence-electron chi connectivity index (χ1n) is 14.5. The molecule has 3 aliphatic heterocycles. The minimum atomic E-state index is -2.91. The molecule has 8 heteroatoms. The van der Waals surface area contributed by atoms with Crippen LogP contribution in [-0.2, 0) is 38.8 Å². The Balaban J connectivity index is 1.46. The lowest BCUT2D eigenvalue weighted by molar-refractivity contribution is 0.0617. The van der Waals surface area contributed by atoms with Gasteiger partial charge in [-0.2, -0.15) is 0 Å². The molecule has 0 radical (unpaired) electrons. The highest BCUT2D eigenvalue weighted by molar-refractivity contribution is 7.91. The van der Waals surface area contributed by atoms with Crippen molar-refractivity contribution in [2.75, 3.05) is 56.8 Å². The van der Waals surface area contributed by atoms with Crippen LogP contribution in [0.2, 0.25) is 0 Å². The Bertz CT molecular complexity index is 1380. The molecule has 39 heavy (non-hydrogen) atoms. The molecule has 0 bridgehead atoms. The minimum absolute atomic E-state index is 0.235. The molecule has 3 aliphatic rings. The lowest BCUT2D eigenvalue weighted by Crippen LogP contribution is -2.39. The second kappa shape index (κ2) is 11.6. The maximum Gasteiger partial charge on any atom is 0.152 e. The third-order valence-electron chi connectivity index (χ3n) is 8.86. The number of benzene rings is 2. The fraction of sp³-hybridized carbons (Fsp3) is 0.548. The molecule has 2 N–H and O–H groups in total. The van der Waals surface area contributed by atoms with E-state index in [9.17, 15) is 8.42 Å². The largest absolute Gasteiger partial charge is 0.397 e. The Morgan fingerprint density at radius 1 is 0.872 bits per heavy atom. The van der Waals surface area contributed by atoms with Gasteiger partial charge in [0.1, 0.15) is 0 Å². The summed E-state index contributed by atoms with van der Waals surface area (Å²) in [6.07, 6.45) is 5.31. The summed E-state index contributed by atoms with van der Waals surface area (Å²) >= 11 is 0. The average Bonchev–Trinajstić information content (AvgIpc) is 3.24. The molecule has 1 aromatic heterocycles. The molecular weight excluding hydrogens is 510 g/mol. The summed E-state index contributed by atoms with van der Waals surface area (Å²) in [5.41, 5.74) is 14.0. The van der Waals surface area contributed by atoms with Crippen molar-refractivity contribution in [2.24, 2.45) is 11.8 Å². The summed E-state index contributed by atoms with van der Waals surface area (Å²) in [7, 11) is -2.91. The summed E-state index contributed by atoms with van der Waals surface area (Å²) in [4.78, 5) is 2.25. The number of fused-ring (bicyclic) bond motifs is 1. The summed E-state index contributed by atoms with van der Waals surface area (Å²) in [5.74, 6) is 1.61. The first kappa shape index (κ1) is 26.8. The molecule has 0 amide bonds. The number of nitrogen functional groups attached to an aromatic ring is 1. The van der Waals surface area contributed by atoms with Gasteiger partial charge in [0.2, 0.25) is 0 Å². The molecule has 4 heterocycles. The zero-order valence-corrected chi connectivity index (χ0v) is 23.6. The van der Waals surface area contributed by atoms with Crippen molar-refractivity contribution < 1.29 is 17.9 Å². The Labute approximate surface area is 232 Å². The second-order valence-corrected chi connectivity index (χ2v) is 13.9. The maximum atomic E-state index is 12.0. The molecular formula is C31H41N3O4S. The van der Waals surface area contributed by atoms with E-state index in [-0.39, 0.29) is 11.5 Å². The standard InChI is InChI=1S/C31H41N3O4S/c32-29-20-25(21-33-10-16-39(35,36)17-11-33)19-28-27(18-23-6-12-37-13-7-23)30(26-4-2-1-3-5-26)34(31(28)29)22-24-8-14-38-15-9-24/h1-5,19-20,23-24H,6-18,21-22,32H2. The normalized spacial score (nSPS) is 21.4. The van der Waals surface area contributed by atoms with Crippen LogP contribution in [0, 0.1) is 11.8 Å². The lowest BCUT2D eigenvalue weighted by atomic mass is 9.89. The van der Waals surface area contributed by atoms with Crippen LogP contribution in [-0.4, -0.2) is 68.9 Å². The van der Waals surface area contributed by atoms with Gasteiger partial charge in [0.05, 0.1) is 28.4 Å². The van der Waals surface area contributed by atoms with E-state index in [1.54, 1.807) is 0 Å². The van der Waals surface area contributed by atoms with Crippen molar-refractivity contribution >= 4 is 26.4 Å². The van der Waals surface area contributed by atoms with E-state index in [1.807, 2.05) is 0 Å². The SMILES string of the molecule is Nc1cc(CN2CCS(=O)(=O)CC2)cc2c(CC3CCOCC3)c(-c3ccccc3)n(CC3CCOCC3)c12. The van der Waals surface area contributed by atoms with Crippen LogP contribution in [0.3, 0.4) is 0 Å². The van der Waals surface area contributed by atoms with Crippen LogP contribution >= 0.6 is 0 Å². The van der Waals surface area contributed by atoms with Gasteiger partial charge in [0.15, 0.2) is 9.84 Å². The first-order chi connectivity index (χ1) is 19.0. The van der Waals surface area contributed by atoms with Crippen LogP contribution in [0.5, 0.6) is 0 Å². The number of hydrogen-bond acceptors (Lipinski definition) is 6. The fourth-order valence-electron chi connectivity index (χ4n) is 6.65. The maximum absolute atomic E-state index is 12.0. The molecule has 0 spiro atoms. The Kier molecular flexibility index (Phi) is 7.98. The number of anilines is 1. The van der Waals surface area contributed by atoms with Crippen LogP contribution < -0.4 is 5.73 Å². The predicted molar refractivity (Wildman–Crippen MR) is 157 cm³/mol. The second-order valence-electron chi connectivity index (χ2n) is 11.6. The molecule has 0 atom stereocenters. The smallest absolute Gasteiger partial charge is 0.152 e. The number of ether oxygens (including phenoxy) is 2. The summed E-state index contributed by atoms with van der Waals surface area (Å²) in [6, 6.07) is 15.3. The van der Waals surface area contributed by atoms with E-state index in [1.165, 1.54) is 22.2 Å². The van der Waals surface area contributed by atoms with E-state index >= 15 is 0 Å². The Morgan fingerprint density at radius 3 is 2.18 bits per heavy atom. The van der Waals surface area contributed by atoms with Gasteiger partial charge in [0.25, 0.3) is 0 Å². The molecule has 7 nitrogen and oxygen atoms in total. The van der Waals surface area contributed by atoms with Gasteiger partial charge < -0.3 is 19.8 Å². The number of aromatic nitrogens is 1. The van der Waals surface area contributed by atoms with Crippen LogP contribution in [0.25, 0.3) is 22.2 Å². The van der Waals surface area contributed by atoms with Crippen molar-refractivity contribution in [3.05, 3.63) is 53.6 Å². The van der Waals surface area contributed by atoms with Gasteiger partial charge in [0, 0.05) is 58.0 Å². The molecule has 2 aromatic carbocycles. The molecule has 0 unspecified atom stereocenters. The quantitative estimate of drug-likeness (QED) is 0.435. The number of hydrogen-bond donors (Lipinski definition) is 1.